The predicted octanol–water partition coefficient (Wildman–Crippen LogP) is 2.27. The smallest absolute Gasteiger partial charge is 0.279 e. The minimum atomic E-state index is -0.131. The summed E-state index contributed by atoms with van der Waals surface area (Å²) in [5, 5.41) is 0. The second kappa shape index (κ2) is 4.62. The third kappa shape index (κ3) is 2.19. The highest BCUT2D eigenvalue weighted by molar-refractivity contribution is 6.99. The van der Waals surface area contributed by atoms with E-state index in [1.54, 1.807) is 4.90 Å². The Morgan fingerprint density at radius 1 is 1.53 bits per heavy atom. The van der Waals surface area contributed by atoms with Crippen molar-refractivity contribution >= 4 is 23.3 Å². The molecule has 0 saturated carbocycles. The van der Waals surface area contributed by atoms with Crippen molar-refractivity contribution in [3.8, 4) is 5.75 Å². The molecule has 0 bridgehead atoms. The summed E-state index contributed by atoms with van der Waals surface area (Å²) in [5.41, 5.74) is 2.28. The molecule has 0 spiro atoms. The van der Waals surface area contributed by atoms with Crippen molar-refractivity contribution in [2.45, 2.75) is 20.0 Å². The first kappa shape index (κ1) is 12.1. The molecule has 0 aliphatic carbocycles. The molecule has 0 saturated heterocycles. The molecule has 1 aromatic heterocycles. The molecule has 1 unspecified atom stereocenters. The summed E-state index contributed by atoms with van der Waals surface area (Å²) in [6.07, 6.45) is 1.46. The highest BCUT2D eigenvalue weighted by Gasteiger charge is 2.29. The first-order chi connectivity index (χ1) is 9.15. The lowest BCUT2D eigenvalue weighted by molar-refractivity contribution is 0.0957. The van der Waals surface area contributed by atoms with Gasteiger partial charge in [0.2, 0.25) is 0 Å². The van der Waals surface area contributed by atoms with Gasteiger partial charge in [0.15, 0.2) is 5.69 Å². The van der Waals surface area contributed by atoms with Crippen LogP contribution in [0.5, 0.6) is 5.75 Å². The monoisotopic (exact) mass is 275 g/mol. The Morgan fingerprint density at radius 3 is 3.11 bits per heavy atom. The van der Waals surface area contributed by atoms with Gasteiger partial charge in [0.25, 0.3) is 5.91 Å². The van der Waals surface area contributed by atoms with E-state index in [-0.39, 0.29) is 12.0 Å². The Hall–Kier alpha value is -1.95. The van der Waals surface area contributed by atoms with Gasteiger partial charge in [-0.1, -0.05) is 6.07 Å². The number of aryl methyl sites for hydroxylation is 1. The SMILES string of the molecule is Cc1ccc2c(c1)OC(C)CN2C(=O)c1cnsn1. The van der Waals surface area contributed by atoms with Gasteiger partial charge in [-0.05, 0) is 31.5 Å². The molecule has 1 amide bonds. The maximum absolute atomic E-state index is 12.4. The zero-order valence-electron chi connectivity index (χ0n) is 10.7. The van der Waals surface area contributed by atoms with Crippen LogP contribution in [0.15, 0.2) is 24.4 Å². The maximum Gasteiger partial charge on any atom is 0.279 e. The summed E-state index contributed by atoms with van der Waals surface area (Å²) < 4.78 is 13.7. The molecule has 2 heterocycles. The number of ether oxygens (including phenoxy) is 1. The van der Waals surface area contributed by atoms with Gasteiger partial charge in [-0.2, -0.15) is 8.75 Å². The summed E-state index contributed by atoms with van der Waals surface area (Å²) in [6, 6.07) is 5.83. The molecule has 98 valence electrons. The summed E-state index contributed by atoms with van der Waals surface area (Å²) in [7, 11) is 0. The van der Waals surface area contributed by atoms with Crippen LogP contribution in [0, 0.1) is 6.92 Å². The molecule has 0 radical (unpaired) electrons. The molecular formula is C13H13N3O2S. The Bertz CT molecular complexity index is 612. The molecule has 1 aliphatic rings. The lowest BCUT2D eigenvalue weighted by atomic mass is 10.1. The van der Waals surface area contributed by atoms with E-state index in [0.29, 0.717) is 12.2 Å². The Balaban J connectivity index is 2.01. The van der Waals surface area contributed by atoms with E-state index in [0.717, 1.165) is 28.7 Å². The fraction of sp³-hybridized carbons (Fsp3) is 0.308. The number of carbonyl (C=O) groups is 1. The zero-order chi connectivity index (χ0) is 13.4. The van der Waals surface area contributed by atoms with Gasteiger partial charge in [-0.25, -0.2) is 0 Å². The quantitative estimate of drug-likeness (QED) is 0.801. The van der Waals surface area contributed by atoms with Gasteiger partial charge in [0.05, 0.1) is 30.2 Å². The number of fused-ring (bicyclic) bond motifs is 1. The minimum Gasteiger partial charge on any atom is -0.487 e. The highest BCUT2D eigenvalue weighted by atomic mass is 32.1. The summed E-state index contributed by atoms with van der Waals surface area (Å²) >= 11 is 1.04. The molecule has 1 aliphatic heterocycles. The number of rotatable bonds is 1. The summed E-state index contributed by atoms with van der Waals surface area (Å²) in [5.74, 6) is 0.615. The van der Waals surface area contributed by atoms with E-state index in [4.69, 9.17) is 4.74 Å². The first-order valence-corrected chi connectivity index (χ1v) is 6.75. The molecule has 0 fully saturated rings. The van der Waals surface area contributed by atoms with Crippen molar-refractivity contribution in [1.29, 1.82) is 0 Å². The number of carbonyl (C=O) groups excluding carboxylic acids is 1. The average molecular weight is 275 g/mol. The van der Waals surface area contributed by atoms with Crippen molar-refractivity contribution in [1.82, 2.24) is 8.75 Å². The van der Waals surface area contributed by atoms with Crippen molar-refractivity contribution in [2.24, 2.45) is 0 Å². The number of hydrogen-bond donors (Lipinski definition) is 0. The second-order valence-electron chi connectivity index (χ2n) is 4.61. The predicted molar refractivity (Wildman–Crippen MR) is 72.9 cm³/mol. The lowest BCUT2D eigenvalue weighted by Gasteiger charge is -2.33. The van der Waals surface area contributed by atoms with Gasteiger partial charge < -0.3 is 4.74 Å². The van der Waals surface area contributed by atoms with Crippen LogP contribution in [0.2, 0.25) is 0 Å². The summed E-state index contributed by atoms with van der Waals surface area (Å²) in [4.78, 5) is 14.1. The number of amides is 1. The van der Waals surface area contributed by atoms with Crippen LogP contribution in [0.4, 0.5) is 5.69 Å². The topological polar surface area (TPSA) is 55.3 Å². The number of nitrogens with zero attached hydrogens (tertiary/aromatic N) is 3. The molecule has 5 nitrogen and oxygen atoms in total. The lowest BCUT2D eigenvalue weighted by Crippen LogP contribution is -2.42. The Kier molecular flexibility index (Phi) is 2.94. The standard InChI is InChI=1S/C13H13N3O2S/c1-8-3-4-11-12(5-8)18-9(2)7-16(11)13(17)10-6-14-19-15-10/h3-6,9H,7H2,1-2H3. The van der Waals surface area contributed by atoms with Crippen LogP contribution in [-0.4, -0.2) is 27.3 Å². The van der Waals surface area contributed by atoms with E-state index >= 15 is 0 Å². The largest absolute Gasteiger partial charge is 0.487 e. The van der Waals surface area contributed by atoms with E-state index in [9.17, 15) is 4.79 Å². The van der Waals surface area contributed by atoms with Crippen molar-refractivity contribution < 1.29 is 9.53 Å². The normalized spacial score (nSPS) is 17.8. The molecular weight excluding hydrogens is 262 g/mol. The van der Waals surface area contributed by atoms with E-state index < -0.39 is 0 Å². The molecule has 1 aromatic carbocycles. The van der Waals surface area contributed by atoms with Crippen LogP contribution in [0.25, 0.3) is 0 Å². The first-order valence-electron chi connectivity index (χ1n) is 6.02. The maximum atomic E-state index is 12.4. The fourth-order valence-electron chi connectivity index (χ4n) is 2.14. The number of anilines is 1. The van der Waals surface area contributed by atoms with Gasteiger partial charge in [-0.15, -0.1) is 0 Å². The Morgan fingerprint density at radius 2 is 2.37 bits per heavy atom. The van der Waals surface area contributed by atoms with Gasteiger partial charge >= 0.3 is 0 Å². The van der Waals surface area contributed by atoms with Crippen molar-refractivity contribution in [3.05, 3.63) is 35.7 Å². The van der Waals surface area contributed by atoms with Crippen molar-refractivity contribution in [3.63, 3.8) is 0 Å². The minimum absolute atomic E-state index is 0.0372. The van der Waals surface area contributed by atoms with Gasteiger partial charge in [-0.3, -0.25) is 9.69 Å². The number of aromatic nitrogens is 2. The summed E-state index contributed by atoms with van der Waals surface area (Å²) in [6.45, 7) is 4.47. The molecule has 0 N–H and O–H groups in total. The third-order valence-electron chi connectivity index (χ3n) is 3.00. The fourth-order valence-corrected chi connectivity index (χ4v) is 2.54. The van der Waals surface area contributed by atoms with Gasteiger partial charge in [0, 0.05) is 0 Å². The molecule has 19 heavy (non-hydrogen) atoms. The molecule has 1 atom stereocenters. The number of hydrogen-bond acceptors (Lipinski definition) is 5. The van der Waals surface area contributed by atoms with Crippen molar-refractivity contribution in [2.75, 3.05) is 11.4 Å². The van der Waals surface area contributed by atoms with Crippen LogP contribution in [-0.2, 0) is 0 Å². The average Bonchev–Trinajstić information content (AvgIpc) is 2.90. The molecule has 3 rings (SSSR count). The van der Waals surface area contributed by atoms with E-state index in [1.807, 2.05) is 32.0 Å². The highest BCUT2D eigenvalue weighted by Crippen LogP contribution is 2.34. The van der Waals surface area contributed by atoms with Crippen LogP contribution in [0.3, 0.4) is 0 Å². The van der Waals surface area contributed by atoms with E-state index in [1.165, 1.54) is 6.20 Å². The van der Waals surface area contributed by atoms with Gasteiger partial charge in [0.1, 0.15) is 11.9 Å². The van der Waals surface area contributed by atoms with Crippen LogP contribution >= 0.6 is 11.7 Å². The van der Waals surface area contributed by atoms with Crippen LogP contribution in [0.1, 0.15) is 23.0 Å². The van der Waals surface area contributed by atoms with E-state index in [2.05, 4.69) is 8.75 Å². The Labute approximate surface area is 115 Å². The molecule has 2 aromatic rings. The zero-order valence-corrected chi connectivity index (χ0v) is 11.5. The third-order valence-corrected chi connectivity index (χ3v) is 3.48. The second-order valence-corrected chi connectivity index (χ2v) is 5.16. The number of benzene rings is 1. The van der Waals surface area contributed by atoms with Crippen LogP contribution < -0.4 is 9.64 Å². The molecule has 6 heteroatoms.